The summed E-state index contributed by atoms with van der Waals surface area (Å²) in [6.45, 7) is 4.30. The Kier molecular flexibility index (Phi) is 6.82. The second-order valence-corrected chi connectivity index (χ2v) is 7.83. The Hall–Kier alpha value is -3.35. The van der Waals surface area contributed by atoms with Gasteiger partial charge in [0, 0.05) is 70.0 Å². The van der Waals surface area contributed by atoms with Gasteiger partial charge in [0.2, 0.25) is 11.8 Å². The number of carbonyl (C=O) groups excluding carboxylic acids is 2. The molecule has 1 aliphatic heterocycles. The van der Waals surface area contributed by atoms with Gasteiger partial charge in [-0.05, 0) is 36.1 Å². The molecule has 1 fully saturated rings. The minimum Gasteiger partial charge on any atom is -0.354 e. The summed E-state index contributed by atoms with van der Waals surface area (Å²) in [6, 6.07) is 16.2. The average Bonchev–Trinajstić information content (AvgIpc) is 3.23. The number of fused-ring (bicyclic) bond motifs is 1. The van der Waals surface area contributed by atoms with Crippen LogP contribution in [0.5, 0.6) is 0 Å². The van der Waals surface area contributed by atoms with E-state index in [1.807, 2.05) is 41.4 Å². The number of hydrogen-bond donors (Lipinski definition) is 1. The molecule has 1 aromatic carbocycles. The van der Waals surface area contributed by atoms with Crippen LogP contribution in [0.25, 0.3) is 10.9 Å². The van der Waals surface area contributed by atoms with Crippen molar-refractivity contribution in [3.05, 3.63) is 60.9 Å². The van der Waals surface area contributed by atoms with Gasteiger partial charge >= 0.3 is 0 Å². The maximum absolute atomic E-state index is 12.5. The summed E-state index contributed by atoms with van der Waals surface area (Å²) in [5, 5.41) is 4.17. The molecule has 2 aromatic heterocycles. The Morgan fingerprint density at radius 1 is 0.935 bits per heavy atom. The van der Waals surface area contributed by atoms with E-state index in [2.05, 4.69) is 38.0 Å². The molecule has 7 heteroatoms. The standard InChI is InChI=1S/C24H29N5O2/c30-23(26-13-15-27-14-11-20-6-1-2-7-21(20)27)9-5-10-24(31)29-18-16-28(17-19-29)22-8-3-4-12-25-22/h1-4,6-8,11-12,14H,5,9-10,13,15-19H2,(H,26,30). The lowest BCUT2D eigenvalue weighted by Crippen LogP contribution is -2.49. The van der Waals surface area contributed by atoms with Gasteiger partial charge in [-0.3, -0.25) is 9.59 Å². The second kappa shape index (κ2) is 10.1. The van der Waals surface area contributed by atoms with Crippen molar-refractivity contribution in [1.82, 2.24) is 19.8 Å². The number of rotatable bonds is 8. The normalized spacial score (nSPS) is 14.1. The van der Waals surface area contributed by atoms with E-state index in [1.54, 1.807) is 6.20 Å². The molecule has 31 heavy (non-hydrogen) atoms. The molecule has 0 atom stereocenters. The highest BCUT2D eigenvalue weighted by Gasteiger charge is 2.21. The number of aromatic nitrogens is 2. The van der Waals surface area contributed by atoms with Crippen molar-refractivity contribution in [2.45, 2.75) is 25.8 Å². The van der Waals surface area contributed by atoms with Crippen molar-refractivity contribution in [2.24, 2.45) is 0 Å². The smallest absolute Gasteiger partial charge is 0.222 e. The summed E-state index contributed by atoms with van der Waals surface area (Å²) in [4.78, 5) is 33.1. The number of nitrogens with zero attached hydrogens (tertiary/aromatic N) is 4. The fraction of sp³-hybridized carbons (Fsp3) is 0.375. The molecule has 1 saturated heterocycles. The number of hydrogen-bond acceptors (Lipinski definition) is 4. The van der Waals surface area contributed by atoms with Crippen molar-refractivity contribution in [3.63, 3.8) is 0 Å². The molecule has 162 valence electrons. The number of carbonyl (C=O) groups is 2. The van der Waals surface area contributed by atoms with Crippen LogP contribution in [0.15, 0.2) is 60.9 Å². The average molecular weight is 420 g/mol. The SMILES string of the molecule is O=C(CCCC(=O)N1CCN(c2ccccn2)CC1)NCCn1ccc2ccccc21. The third kappa shape index (κ3) is 5.42. The highest BCUT2D eigenvalue weighted by molar-refractivity contribution is 5.80. The van der Waals surface area contributed by atoms with Crippen molar-refractivity contribution >= 4 is 28.5 Å². The third-order valence-electron chi connectivity index (χ3n) is 5.76. The van der Waals surface area contributed by atoms with Crippen LogP contribution in [0.4, 0.5) is 5.82 Å². The molecular weight excluding hydrogens is 390 g/mol. The third-order valence-corrected chi connectivity index (χ3v) is 5.76. The molecule has 2 amide bonds. The molecule has 0 radical (unpaired) electrons. The molecular formula is C24H29N5O2. The van der Waals surface area contributed by atoms with Crippen LogP contribution in [-0.4, -0.2) is 59.0 Å². The van der Waals surface area contributed by atoms with Crippen LogP contribution in [0.3, 0.4) is 0 Å². The molecule has 1 aliphatic rings. The van der Waals surface area contributed by atoms with Gasteiger partial charge in [0.25, 0.3) is 0 Å². The predicted octanol–water partition coefficient (Wildman–Crippen LogP) is 2.67. The first-order valence-corrected chi connectivity index (χ1v) is 10.9. The van der Waals surface area contributed by atoms with E-state index in [9.17, 15) is 9.59 Å². The Morgan fingerprint density at radius 2 is 1.74 bits per heavy atom. The summed E-state index contributed by atoms with van der Waals surface area (Å²) in [6.07, 6.45) is 5.21. The molecule has 0 bridgehead atoms. The first-order valence-electron chi connectivity index (χ1n) is 10.9. The Morgan fingerprint density at radius 3 is 2.55 bits per heavy atom. The number of amides is 2. The van der Waals surface area contributed by atoms with Crippen LogP contribution in [0.1, 0.15) is 19.3 Å². The molecule has 0 unspecified atom stereocenters. The van der Waals surface area contributed by atoms with E-state index in [0.29, 0.717) is 38.9 Å². The number of pyridine rings is 1. The van der Waals surface area contributed by atoms with E-state index in [0.717, 1.165) is 25.5 Å². The quantitative estimate of drug-likeness (QED) is 0.609. The Labute approximate surface area is 182 Å². The topological polar surface area (TPSA) is 70.5 Å². The number of piperazine rings is 1. The van der Waals surface area contributed by atoms with Gasteiger partial charge in [0.15, 0.2) is 0 Å². The number of anilines is 1. The first kappa shape index (κ1) is 20.9. The van der Waals surface area contributed by atoms with Crippen LogP contribution < -0.4 is 10.2 Å². The fourth-order valence-electron chi connectivity index (χ4n) is 4.02. The van der Waals surface area contributed by atoms with E-state index in [-0.39, 0.29) is 11.8 Å². The maximum Gasteiger partial charge on any atom is 0.222 e. The molecule has 0 aliphatic carbocycles. The van der Waals surface area contributed by atoms with Gasteiger partial charge in [-0.1, -0.05) is 24.3 Å². The van der Waals surface area contributed by atoms with Crippen LogP contribution in [-0.2, 0) is 16.1 Å². The lowest BCUT2D eigenvalue weighted by atomic mass is 10.2. The second-order valence-electron chi connectivity index (χ2n) is 7.83. The summed E-state index contributed by atoms with van der Waals surface area (Å²) >= 11 is 0. The molecule has 7 nitrogen and oxygen atoms in total. The van der Waals surface area contributed by atoms with E-state index < -0.39 is 0 Å². The molecule has 1 N–H and O–H groups in total. The van der Waals surface area contributed by atoms with Gasteiger partial charge in [-0.25, -0.2) is 4.98 Å². The summed E-state index contributed by atoms with van der Waals surface area (Å²) < 4.78 is 2.14. The predicted molar refractivity (Wildman–Crippen MR) is 122 cm³/mol. The maximum atomic E-state index is 12.5. The van der Waals surface area contributed by atoms with Gasteiger partial charge in [0.05, 0.1) is 0 Å². The minimum atomic E-state index is 0.00392. The highest BCUT2D eigenvalue weighted by atomic mass is 16.2. The zero-order valence-corrected chi connectivity index (χ0v) is 17.7. The lowest BCUT2D eigenvalue weighted by Gasteiger charge is -2.35. The molecule has 4 rings (SSSR count). The monoisotopic (exact) mass is 419 g/mol. The summed E-state index contributed by atoms with van der Waals surface area (Å²) in [5.74, 6) is 1.09. The van der Waals surface area contributed by atoms with Crippen LogP contribution in [0.2, 0.25) is 0 Å². The first-order chi connectivity index (χ1) is 15.2. The zero-order valence-electron chi connectivity index (χ0n) is 17.7. The van der Waals surface area contributed by atoms with Crippen molar-refractivity contribution in [1.29, 1.82) is 0 Å². The van der Waals surface area contributed by atoms with Crippen molar-refractivity contribution in [3.8, 4) is 0 Å². The minimum absolute atomic E-state index is 0.00392. The van der Waals surface area contributed by atoms with E-state index >= 15 is 0 Å². The van der Waals surface area contributed by atoms with Gasteiger partial charge < -0.3 is 19.7 Å². The molecule has 0 spiro atoms. The zero-order chi connectivity index (χ0) is 21.5. The molecule has 3 heterocycles. The Bertz CT molecular complexity index is 1010. The number of nitrogens with one attached hydrogen (secondary N) is 1. The summed E-state index contributed by atoms with van der Waals surface area (Å²) in [5.41, 5.74) is 1.17. The largest absolute Gasteiger partial charge is 0.354 e. The van der Waals surface area contributed by atoms with Gasteiger partial charge in [0.1, 0.15) is 5.82 Å². The van der Waals surface area contributed by atoms with Crippen molar-refractivity contribution in [2.75, 3.05) is 37.6 Å². The van der Waals surface area contributed by atoms with Gasteiger partial charge in [-0.2, -0.15) is 0 Å². The molecule has 0 saturated carbocycles. The van der Waals surface area contributed by atoms with Gasteiger partial charge in [-0.15, -0.1) is 0 Å². The Balaban J connectivity index is 1.12. The van der Waals surface area contributed by atoms with Crippen molar-refractivity contribution < 1.29 is 9.59 Å². The van der Waals surface area contributed by atoms with E-state index in [4.69, 9.17) is 0 Å². The van der Waals surface area contributed by atoms with Crippen LogP contribution in [0, 0.1) is 0 Å². The summed E-state index contributed by atoms with van der Waals surface area (Å²) in [7, 11) is 0. The van der Waals surface area contributed by atoms with Crippen LogP contribution >= 0.6 is 0 Å². The number of benzene rings is 1. The molecule has 3 aromatic rings. The fourth-order valence-corrected chi connectivity index (χ4v) is 4.02. The van der Waals surface area contributed by atoms with E-state index in [1.165, 1.54) is 10.9 Å². The number of para-hydroxylation sites is 1. The lowest BCUT2D eigenvalue weighted by molar-refractivity contribution is -0.131. The highest BCUT2D eigenvalue weighted by Crippen LogP contribution is 2.15.